The van der Waals surface area contributed by atoms with Crippen molar-refractivity contribution >= 4 is 17.5 Å². The van der Waals surface area contributed by atoms with Gasteiger partial charge in [0, 0.05) is 10.8 Å². The second-order valence-corrected chi connectivity index (χ2v) is 4.53. The maximum Gasteiger partial charge on any atom is 0.146 e. The molecule has 3 heteroatoms. The minimum atomic E-state index is -0.233. The monoisotopic (exact) mass is 210 g/mol. The van der Waals surface area contributed by atoms with Gasteiger partial charge in [-0.25, -0.2) is 4.39 Å². The molecular weight excluding hydrogens is 199 g/mol. The summed E-state index contributed by atoms with van der Waals surface area (Å²) in [5.74, 6) is 0.946. The largest absolute Gasteiger partial charge is 0.298 e. The van der Waals surface area contributed by atoms with Gasteiger partial charge in [-0.3, -0.25) is 4.79 Å². The Kier molecular flexibility index (Phi) is 2.87. The molecular formula is C11H11FOS. The smallest absolute Gasteiger partial charge is 0.146 e. The van der Waals surface area contributed by atoms with Gasteiger partial charge in [-0.15, -0.1) is 11.8 Å². The van der Waals surface area contributed by atoms with E-state index in [0.29, 0.717) is 17.5 Å². The fourth-order valence-electron chi connectivity index (χ4n) is 1.21. The van der Waals surface area contributed by atoms with Gasteiger partial charge >= 0.3 is 0 Å². The molecule has 0 N–H and O–H groups in total. The fourth-order valence-corrected chi connectivity index (χ4v) is 2.08. The van der Waals surface area contributed by atoms with Crippen molar-refractivity contribution in [3.63, 3.8) is 0 Å². The third-order valence-electron chi connectivity index (χ3n) is 2.23. The topological polar surface area (TPSA) is 17.1 Å². The van der Waals surface area contributed by atoms with Crippen molar-refractivity contribution in [2.75, 3.05) is 5.75 Å². The highest BCUT2D eigenvalue weighted by molar-refractivity contribution is 8.00. The molecule has 0 heterocycles. The first-order valence-corrected chi connectivity index (χ1v) is 5.65. The number of carbonyl (C=O) groups is 1. The number of thioether (sulfide) groups is 1. The lowest BCUT2D eigenvalue weighted by atomic mass is 10.3. The molecule has 1 nitrogen and oxygen atoms in total. The molecule has 2 rings (SSSR count). The van der Waals surface area contributed by atoms with Crippen LogP contribution < -0.4 is 0 Å². The van der Waals surface area contributed by atoms with Gasteiger partial charge in [-0.2, -0.15) is 0 Å². The van der Waals surface area contributed by atoms with Gasteiger partial charge in [0.15, 0.2) is 0 Å². The molecule has 0 saturated heterocycles. The lowest BCUT2D eigenvalue weighted by Gasteiger charge is -1.99. The maximum atomic E-state index is 12.5. The summed E-state index contributed by atoms with van der Waals surface area (Å²) in [4.78, 5) is 12.3. The van der Waals surface area contributed by atoms with Gasteiger partial charge in [0.25, 0.3) is 0 Å². The molecule has 0 aliphatic heterocycles. The molecule has 1 aromatic carbocycles. The van der Waals surface area contributed by atoms with E-state index in [-0.39, 0.29) is 5.82 Å². The summed E-state index contributed by atoms with van der Waals surface area (Å²) in [5.41, 5.74) is 0. The van der Waals surface area contributed by atoms with Crippen LogP contribution >= 0.6 is 11.8 Å². The highest BCUT2D eigenvalue weighted by Gasteiger charge is 2.28. The molecule has 0 bridgehead atoms. The van der Waals surface area contributed by atoms with Crippen LogP contribution in [0.25, 0.3) is 0 Å². The van der Waals surface area contributed by atoms with Crippen LogP contribution in [0, 0.1) is 11.7 Å². The minimum absolute atomic E-state index is 0.233. The van der Waals surface area contributed by atoms with Gasteiger partial charge < -0.3 is 0 Å². The van der Waals surface area contributed by atoms with E-state index in [1.807, 2.05) is 0 Å². The van der Waals surface area contributed by atoms with Crippen LogP contribution in [0.5, 0.6) is 0 Å². The normalized spacial score (nSPS) is 15.5. The molecule has 0 aromatic heterocycles. The molecule has 0 spiro atoms. The van der Waals surface area contributed by atoms with E-state index in [4.69, 9.17) is 0 Å². The van der Waals surface area contributed by atoms with Crippen molar-refractivity contribution in [2.45, 2.75) is 17.7 Å². The molecule has 0 radical (unpaired) electrons. The Morgan fingerprint density at radius 1 is 1.36 bits per heavy atom. The molecule has 0 amide bonds. The molecule has 1 aromatic rings. The van der Waals surface area contributed by atoms with E-state index >= 15 is 0 Å². The minimum Gasteiger partial charge on any atom is -0.298 e. The first kappa shape index (κ1) is 9.71. The number of Topliss-reactive ketones (excluding diaryl/α,β-unsaturated/α-hetero) is 1. The Balaban J connectivity index is 1.85. The van der Waals surface area contributed by atoms with Gasteiger partial charge in [-0.1, -0.05) is 0 Å². The third kappa shape index (κ3) is 2.58. The maximum absolute atomic E-state index is 12.5. The number of halogens is 1. The third-order valence-corrected chi connectivity index (χ3v) is 3.26. The quantitative estimate of drug-likeness (QED) is 0.711. The van der Waals surface area contributed by atoms with Crippen LogP contribution in [0.3, 0.4) is 0 Å². The summed E-state index contributed by atoms with van der Waals surface area (Å²) in [6, 6.07) is 6.26. The Bertz CT molecular complexity index is 330. The van der Waals surface area contributed by atoms with Gasteiger partial charge in [0.2, 0.25) is 0 Å². The average molecular weight is 210 g/mol. The Labute approximate surface area is 86.7 Å². The van der Waals surface area contributed by atoms with Crippen molar-refractivity contribution in [1.29, 1.82) is 0 Å². The first-order valence-electron chi connectivity index (χ1n) is 4.67. The van der Waals surface area contributed by atoms with Crippen molar-refractivity contribution in [3.05, 3.63) is 30.1 Å². The van der Waals surface area contributed by atoms with Gasteiger partial charge in [0.05, 0.1) is 5.75 Å². The van der Waals surface area contributed by atoms with E-state index < -0.39 is 0 Å². The molecule has 1 aliphatic carbocycles. The van der Waals surface area contributed by atoms with Crippen LogP contribution in [-0.4, -0.2) is 11.5 Å². The predicted molar refractivity (Wildman–Crippen MR) is 54.9 cm³/mol. The lowest BCUT2D eigenvalue weighted by Crippen LogP contribution is -2.02. The number of ketones is 1. The Morgan fingerprint density at radius 3 is 2.57 bits per heavy atom. The van der Waals surface area contributed by atoms with Crippen molar-refractivity contribution in [2.24, 2.45) is 5.92 Å². The number of carbonyl (C=O) groups excluding carboxylic acids is 1. The summed E-state index contributed by atoms with van der Waals surface area (Å²) in [7, 11) is 0. The molecule has 1 fully saturated rings. The molecule has 0 unspecified atom stereocenters. The van der Waals surface area contributed by atoms with Crippen LogP contribution in [0.1, 0.15) is 12.8 Å². The zero-order chi connectivity index (χ0) is 9.97. The lowest BCUT2D eigenvalue weighted by molar-refractivity contribution is -0.117. The average Bonchev–Trinajstić information content (AvgIpc) is 3.00. The Hall–Kier alpha value is -0.830. The molecule has 0 atom stereocenters. The van der Waals surface area contributed by atoms with Crippen molar-refractivity contribution in [3.8, 4) is 0 Å². The van der Waals surface area contributed by atoms with Crippen molar-refractivity contribution < 1.29 is 9.18 Å². The van der Waals surface area contributed by atoms with Crippen LogP contribution in [0.4, 0.5) is 4.39 Å². The zero-order valence-electron chi connectivity index (χ0n) is 7.70. The second kappa shape index (κ2) is 4.13. The summed E-state index contributed by atoms with van der Waals surface area (Å²) in [6.45, 7) is 0. The fraction of sp³-hybridized carbons (Fsp3) is 0.364. The molecule has 74 valence electrons. The highest BCUT2D eigenvalue weighted by atomic mass is 32.2. The SMILES string of the molecule is O=C(CSc1ccc(F)cc1)C1CC1. The molecule has 1 saturated carbocycles. The summed E-state index contributed by atoms with van der Waals surface area (Å²) in [6.07, 6.45) is 2.12. The van der Waals surface area contributed by atoms with Gasteiger partial charge in [-0.05, 0) is 37.1 Å². The Morgan fingerprint density at radius 2 is 2.00 bits per heavy atom. The first-order chi connectivity index (χ1) is 6.75. The number of hydrogen-bond donors (Lipinski definition) is 0. The van der Waals surface area contributed by atoms with E-state index in [2.05, 4.69) is 0 Å². The van der Waals surface area contributed by atoms with Crippen LogP contribution in [0.15, 0.2) is 29.2 Å². The summed E-state index contributed by atoms with van der Waals surface area (Å²) >= 11 is 1.49. The van der Waals surface area contributed by atoms with E-state index in [0.717, 1.165) is 17.7 Å². The van der Waals surface area contributed by atoms with Gasteiger partial charge in [0.1, 0.15) is 11.6 Å². The number of benzene rings is 1. The van der Waals surface area contributed by atoms with E-state index in [1.54, 1.807) is 12.1 Å². The highest BCUT2D eigenvalue weighted by Crippen LogP contribution is 2.32. The number of hydrogen-bond acceptors (Lipinski definition) is 2. The zero-order valence-corrected chi connectivity index (χ0v) is 8.52. The standard InChI is InChI=1S/C11H11FOS/c12-9-3-5-10(6-4-9)14-7-11(13)8-1-2-8/h3-6,8H,1-2,7H2. The molecule has 1 aliphatic rings. The number of rotatable bonds is 4. The van der Waals surface area contributed by atoms with Crippen molar-refractivity contribution in [1.82, 2.24) is 0 Å². The molecule has 14 heavy (non-hydrogen) atoms. The summed E-state index contributed by atoms with van der Waals surface area (Å²) < 4.78 is 12.5. The van der Waals surface area contributed by atoms with Crippen LogP contribution in [-0.2, 0) is 4.79 Å². The van der Waals surface area contributed by atoms with E-state index in [9.17, 15) is 9.18 Å². The summed E-state index contributed by atoms with van der Waals surface area (Å²) in [5, 5.41) is 0. The second-order valence-electron chi connectivity index (χ2n) is 3.48. The van der Waals surface area contributed by atoms with Crippen LogP contribution in [0.2, 0.25) is 0 Å². The van der Waals surface area contributed by atoms with E-state index in [1.165, 1.54) is 23.9 Å². The predicted octanol–water partition coefficient (Wildman–Crippen LogP) is 2.90.